The molecule has 0 saturated heterocycles. The lowest BCUT2D eigenvalue weighted by Gasteiger charge is -2.07. The largest absolute Gasteiger partial charge is 0.435 e. The van der Waals surface area contributed by atoms with Crippen molar-refractivity contribution in [3.63, 3.8) is 0 Å². The standard InChI is InChI=1S/C16H13F3N6/c1-9-21-11-7-10(3-4-12(11)24(9)2)22-15-13-8-14(16(17,18)19)23-25(13)6-5-20-15/h3-8H,1-2H3,(H,20,22). The van der Waals surface area contributed by atoms with Gasteiger partial charge in [0.2, 0.25) is 0 Å². The summed E-state index contributed by atoms with van der Waals surface area (Å²) in [7, 11) is 1.92. The van der Waals surface area contributed by atoms with E-state index in [2.05, 4.69) is 20.4 Å². The number of aryl methyl sites for hydroxylation is 2. The second-order valence-electron chi connectivity index (χ2n) is 5.68. The third kappa shape index (κ3) is 2.57. The molecule has 0 aliphatic heterocycles. The molecule has 0 atom stereocenters. The molecule has 1 aromatic carbocycles. The predicted octanol–water partition coefficient (Wildman–Crippen LogP) is 3.69. The number of anilines is 2. The number of fused-ring (bicyclic) bond motifs is 2. The van der Waals surface area contributed by atoms with Gasteiger partial charge in [0.1, 0.15) is 11.3 Å². The Bertz CT molecular complexity index is 1090. The fourth-order valence-corrected chi connectivity index (χ4v) is 2.69. The lowest BCUT2D eigenvalue weighted by Crippen LogP contribution is -2.05. The molecule has 3 aromatic heterocycles. The summed E-state index contributed by atoms with van der Waals surface area (Å²) in [5, 5.41) is 6.59. The summed E-state index contributed by atoms with van der Waals surface area (Å²) in [5.41, 5.74) is 1.73. The maximum atomic E-state index is 12.9. The molecule has 0 spiro atoms. The molecule has 3 heterocycles. The van der Waals surface area contributed by atoms with Crippen molar-refractivity contribution in [2.75, 3.05) is 5.32 Å². The lowest BCUT2D eigenvalue weighted by atomic mass is 10.2. The molecule has 0 unspecified atom stereocenters. The molecular weight excluding hydrogens is 333 g/mol. The monoisotopic (exact) mass is 346 g/mol. The first-order valence-corrected chi connectivity index (χ1v) is 7.44. The van der Waals surface area contributed by atoms with E-state index in [1.165, 1.54) is 12.4 Å². The Morgan fingerprint density at radius 1 is 1.12 bits per heavy atom. The molecule has 0 radical (unpaired) electrons. The number of nitrogens with zero attached hydrogens (tertiary/aromatic N) is 5. The van der Waals surface area contributed by atoms with E-state index in [0.29, 0.717) is 5.69 Å². The predicted molar refractivity (Wildman–Crippen MR) is 86.7 cm³/mol. The van der Waals surface area contributed by atoms with Crippen molar-refractivity contribution in [3.05, 3.63) is 48.2 Å². The van der Waals surface area contributed by atoms with Gasteiger partial charge in [0.15, 0.2) is 11.5 Å². The molecule has 0 saturated carbocycles. The molecule has 9 heteroatoms. The molecular formula is C16H13F3N6. The van der Waals surface area contributed by atoms with Gasteiger partial charge in [-0.05, 0) is 25.1 Å². The first-order chi connectivity index (χ1) is 11.8. The van der Waals surface area contributed by atoms with Crippen molar-refractivity contribution in [3.8, 4) is 0 Å². The van der Waals surface area contributed by atoms with Gasteiger partial charge in [-0.2, -0.15) is 18.3 Å². The van der Waals surface area contributed by atoms with E-state index in [0.717, 1.165) is 27.4 Å². The molecule has 6 nitrogen and oxygen atoms in total. The zero-order valence-corrected chi connectivity index (χ0v) is 13.3. The van der Waals surface area contributed by atoms with Crippen molar-refractivity contribution in [1.82, 2.24) is 24.1 Å². The van der Waals surface area contributed by atoms with Crippen molar-refractivity contribution in [1.29, 1.82) is 0 Å². The van der Waals surface area contributed by atoms with E-state index in [1.54, 1.807) is 0 Å². The third-order valence-corrected chi connectivity index (χ3v) is 4.05. The van der Waals surface area contributed by atoms with Crippen LogP contribution in [-0.4, -0.2) is 24.1 Å². The van der Waals surface area contributed by atoms with Crippen LogP contribution in [0.5, 0.6) is 0 Å². The zero-order valence-electron chi connectivity index (χ0n) is 13.3. The van der Waals surface area contributed by atoms with Crippen LogP contribution in [0.15, 0.2) is 36.7 Å². The van der Waals surface area contributed by atoms with Gasteiger partial charge in [-0.25, -0.2) is 14.5 Å². The van der Waals surface area contributed by atoms with Crippen molar-refractivity contribution < 1.29 is 13.2 Å². The van der Waals surface area contributed by atoms with Gasteiger partial charge in [-0.1, -0.05) is 0 Å². The molecule has 0 fully saturated rings. The van der Waals surface area contributed by atoms with Crippen LogP contribution >= 0.6 is 0 Å². The minimum absolute atomic E-state index is 0.243. The Hall–Kier alpha value is -3.10. The summed E-state index contributed by atoms with van der Waals surface area (Å²) in [6, 6.07) is 6.53. The Morgan fingerprint density at radius 2 is 1.92 bits per heavy atom. The number of rotatable bonds is 2. The van der Waals surface area contributed by atoms with Crippen LogP contribution in [0, 0.1) is 6.92 Å². The molecule has 0 aliphatic rings. The van der Waals surface area contributed by atoms with Gasteiger partial charge in [0.25, 0.3) is 0 Å². The summed E-state index contributed by atoms with van der Waals surface area (Å²) in [4.78, 5) is 8.59. The number of hydrogen-bond acceptors (Lipinski definition) is 4. The summed E-state index contributed by atoms with van der Waals surface area (Å²) < 4.78 is 41.7. The van der Waals surface area contributed by atoms with E-state index in [9.17, 15) is 13.2 Å². The summed E-state index contributed by atoms with van der Waals surface area (Å²) in [6.07, 6.45) is -1.74. The molecule has 25 heavy (non-hydrogen) atoms. The molecule has 1 N–H and O–H groups in total. The maximum absolute atomic E-state index is 12.9. The third-order valence-electron chi connectivity index (χ3n) is 4.05. The van der Waals surface area contributed by atoms with Gasteiger partial charge in [0.05, 0.1) is 11.0 Å². The van der Waals surface area contributed by atoms with Crippen molar-refractivity contribution in [2.24, 2.45) is 7.05 Å². The molecule has 0 bridgehead atoms. The van der Waals surface area contributed by atoms with E-state index in [1.807, 2.05) is 36.7 Å². The van der Waals surface area contributed by atoms with Gasteiger partial charge < -0.3 is 9.88 Å². The highest BCUT2D eigenvalue weighted by Crippen LogP contribution is 2.31. The van der Waals surface area contributed by atoms with Crippen LogP contribution < -0.4 is 5.32 Å². The highest BCUT2D eigenvalue weighted by atomic mass is 19.4. The highest BCUT2D eigenvalue weighted by Gasteiger charge is 2.34. The molecule has 4 rings (SSSR count). The van der Waals surface area contributed by atoms with Gasteiger partial charge >= 0.3 is 6.18 Å². The van der Waals surface area contributed by atoms with Crippen LogP contribution in [-0.2, 0) is 13.2 Å². The Morgan fingerprint density at radius 3 is 2.68 bits per heavy atom. The summed E-state index contributed by atoms with van der Waals surface area (Å²) in [5.74, 6) is 1.16. The van der Waals surface area contributed by atoms with Gasteiger partial charge in [-0.15, -0.1) is 0 Å². The number of alkyl halides is 3. The lowest BCUT2D eigenvalue weighted by molar-refractivity contribution is -0.141. The second-order valence-corrected chi connectivity index (χ2v) is 5.68. The number of nitrogens with one attached hydrogen (secondary N) is 1. The maximum Gasteiger partial charge on any atom is 0.435 e. The second kappa shape index (κ2) is 5.20. The SMILES string of the molecule is Cc1nc2cc(Nc3nccn4nc(C(F)(F)F)cc34)ccc2n1C. The van der Waals surface area contributed by atoms with Crippen LogP contribution in [0.1, 0.15) is 11.5 Å². The average molecular weight is 346 g/mol. The minimum atomic E-state index is -4.51. The normalized spacial score (nSPS) is 12.2. The smallest absolute Gasteiger partial charge is 0.338 e. The summed E-state index contributed by atoms with van der Waals surface area (Å²) in [6.45, 7) is 1.90. The van der Waals surface area contributed by atoms with E-state index in [4.69, 9.17) is 0 Å². The van der Waals surface area contributed by atoms with Crippen molar-refractivity contribution in [2.45, 2.75) is 13.1 Å². The number of benzene rings is 1. The molecule has 0 amide bonds. The minimum Gasteiger partial charge on any atom is -0.338 e. The Labute approximate surface area is 139 Å². The highest BCUT2D eigenvalue weighted by molar-refractivity contribution is 5.83. The van der Waals surface area contributed by atoms with Crippen LogP contribution in [0.2, 0.25) is 0 Å². The molecule has 0 aliphatic carbocycles. The first-order valence-electron chi connectivity index (χ1n) is 7.44. The average Bonchev–Trinajstić information content (AvgIpc) is 3.10. The summed E-state index contributed by atoms with van der Waals surface area (Å²) >= 11 is 0. The van der Waals surface area contributed by atoms with E-state index in [-0.39, 0.29) is 11.3 Å². The van der Waals surface area contributed by atoms with Crippen molar-refractivity contribution >= 4 is 28.1 Å². The number of aromatic nitrogens is 5. The quantitative estimate of drug-likeness (QED) is 0.601. The number of halogens is 3. The van der Waals surface area contributed by atoms with Crippen LogP contribution in [0.4, 0.5) is 24.7 Å². The van der Waals surface area contributed by atoms with Crippen LogP contribution in [0.25, 0.3) is 16.6 Å². The van der Waals surface area contributed by atoms with E-state index < -0.39 is 11.9 Å². The number of hydrogen-bond donors (Lipinski definition) is 1. The van der Waals surface area contributed by atoms with Gasteiger partial charge in [-0.3, -0.25) is 0 Å². The van der Waals surface area contributed by atoms with E-state index >= 15 is 0 Å². The zero-order chi connectivity index (χ0) is 17.8. The molecule has 4 aromatic rings. The first kappa shape index (κ1) is 15.4. The fourth-order valence-electron chi connectivity index (χ4n) is 2.69. The topological polar surface area (TPSA) is 60.0 Å². The Balaban J connectivity index is 1.76. The Kier molecular flexibility index (Phi) is 3.21. The number of imidazole rings is 1. The molecule has 128 valence electrons. The fraction of sp³-hybridized carbons (Fsp3) is 0.188. The van der Waals surface area contributed by atoms with Gasteiger partial charge in [0, 0.05) is 31.2 Å². The van der Waals surface area contributed by atoms with Crippen LogP contribution in [0.3, 0.4) is 0 Å².